The first-order valence-electron chi connectivity index (χ1n) is 4.66. The van der Waals surface area contributed by atoms with Crippen LogP contribution in [-0.4, -0.2) is 18.4 Å². The fourth-order valence-electron chi connectivity index (χ4n) is 1.24. The lowest BCUT2D eigenvalue weighted by molar-refractivity contribution is 0.0955. The van der Waals surface area contributed by atoms with Crippen LogP contribution in [0.3, 0.4) is 0 Å². The molecule has 1 N–H and O–H groups in total. The van der Waals surface area contributed by atoms with Gasteiger partial charge in [-0.05, 0) is 25.0 Å². The zero-order chi connectivity index (χ0) is 9.10. The fourth-order valence-corrected chi connectivity index (χ4v) is 1.24. The first-order valence-corrected chi connectivity index (χ1v) is 4.66. The first kappa shape index (κ1) is 8.51. The van der Waals surface area contributed by atoms with Gasteiger partial charge in [-0.2, -0.15) is 0 Å². The smallest absolute Gasteiger partial charge is 0.199 e. The minimum absolute atomic E-state index is 0.0816. The monoisotopic (exact) mass is 179 g/mol. The molecule has 0 amide bonds. The van der Waals surface area contributed by atoms with Crippen LogP contribution in [0.5, 0.6) is 0 Å². The summed E-state index contributed by atoms with van der Waals surface area (Å²) in [6.07, 6.45) is 4.58. The SMILES string of the molecule is O=C(CCNC1CC1)c1ccco1. The lowest BCUT2D eigenvalue weighted by Gasteiger charge is -1.99. The highest BCUT2D eigenvalue weighted by Crippen LogP contribution is 2.18. The second-order valence-corrected chi connectivity index (χ2v) is 3.38. The molecule has 0 aliphatic heterocycles. The number of furan rings is 1. The Morgan fingerprint density at radius 1 is 1.62 bits per heavy atom. The third-order valence-corrected chi connectivity index (χ3v) is 2.16. The van der Waals surface area contributed by atoms with E-state index >= 15 is 0 Å². The van der Waals surface area contributed by atoms with Gasteiger partial charge in [0.1, 0.15) is 0 Å². The molecule has 0 unspecified atom stereocenters. The number of nitrogens with one attached hydrogen (secondary N) is 1. The summed E-state index contributed by atoms with van der Waals surface area (Å²) < 4.78 is 4.99. The van der Waals surface area contributed by atoms with Crippen LogP contribution in [0.25, 0.3) is 0 Å². The summed E-state index contributed by atoms with van der Waals surface area (Å²) in [7, 11) is 0. The molecule has 3 heteroatoms. The Morgan fingerprint density at radius 3 is 3.08 bits per heavy atom. The van der Waals surface area contributed by atoms with Crippen LogP contribution >= 0.6 is 0 Å². The summed E-state index contributed by atoms with van der Waals surface area (Å²) in [5.74, 6) is 0.552. The second kappa shape index (κ2) is 3.75. The van der Waals surface area contributed by atoms with Gasteiger partial charge >= 0.3 is 0 Å². The molecule has 1 saturated carbocycles. The maximum Gasteiger partial charge on any atom is 0.199 e. The van der Waals surface area contributed by atoms with Crippen molar-refractivity contribution >= 4 is 5.78 Å². The van der Waals surface area contributed by atoms with Crippen molar-refractivity contribution < 1.29 is 9.21 Å². The van der Waals surface area contributed by atoms with E-state index in [1.165, 1.54) is 19.1 Å². The van der Waals surface area contributed by atoms with E-state index in [1.54, 1.807) is 12.1 Å². The van der Waals surface area contributed by atoms with E-state index in [1.807, 2.05) is 0 Å². The summed E-state index contributed by atoms with van der Waals surface area (Å²) in [6, 6.07) is 4.12. The van der Waals surface area contributed by atoms with E-state index < -0.39 is 0 Å². The molecule has 3 nitrogen and oxygen atoms in total. The lowest BCUT2D eigenvalue weighted by Crippen LogP contribution is -2.20. The Kier molecular flexibility index (Phi) is 2.45. The summed E-state index contributed by atoms with van der Waals surface area (Å²) in [4.78, 5) is 11.4. The molecular weight excluding hydrogens is 166 g/mol. The van der Waals surface area contributed by atoms with E-state index in [2.05, 4.69) is 5.32 Å². The number of rotatable bonds is 5. The Hall–Kier alpha value is -1.09. The number of Topliss-reactive ketones (excluding diaryl/α,β-unsaturated/α-hetero) is 1. The van der Waals surface area contributed by atoms with Crippen molar-refractivity contribution in [1.82, 2.24) is 5.32 Å². The van der Waals surface area contributed by atoms with Gasteiger partial charge in [-0.25, -0.2) is 0 Å². The van der Waals surface area contributed by atoms with Gasteiger partial charge in [-0.3, -0.25) is 4.79 Å². The van der Waals surface area contributed by atoms with Crippen LogP contribution in [0, 0.1) is 0 Å². The van der Waals surface area contributed by atoms with E-state index in [0.717, 1.165) is 6.54 Å². The number of carbonyl (C=O) groups excluding carboxylic acids is 1. The molecule has 1 aromatic heterocycles. The summed E-state index contributed by atoms with van der Waals surface area (Å²) in [5.41, 5.74) is 0. The van der Waals surface area contributed by atoms with Crippen molar-refractivity contribution in [1.29, 1.82) is 0 Å². The molecule has 1 aliphatic carbocycles. The molecule has 2 rings (SSSR count). The largest absolute Gasteiger partial charge is 0.461 e. The van der Waals surface area contributed by atoms with Crippen molar-refractivity contribution in [2.45, 2.75) is 25.3 Å². The zero-order valence-electron chi connectivity index (χ0n) is 7.45. The Bertz CT molecular complexity index is 275. The molecule has 1 aromatic rings. The number of hydrogen-bond donors (Lipinski definition) is 1. The van der Waals surface area contributed by atoms with E-state index in [4.69, 9.17) is 4.42 Å². The number of carbonyl (C=O) groups is 1. The summed E-state index contributed by atoms with van der Waals surface area (Å²) in [6.45, 7) is 0.768. The van der Waals surface area contributed by atoms with Gasteiger partial charge < -0.3 is 9.73 Å². The van der Waals surface area contributed by atoms with Gasteiger partial charge in [0, 0.05) is 19.0 Å². The number of hydrogen-bond acceptors (Lipinski definition) is 3. The Morgan fingerprint density at radius 2 is 2.46 bits per heavy atom. The maximum absolute atomic E-state index is 11.4. The van der Waals surface area contributed by atoms with Gasteiger partial charge in [0.2, 0.25) is 0 Å². The minimum Gasteiger partial charge on any atom is -0.461 e. The topological polar surface area (TPSA) is 42.2 Å². The Labute approximate surface area is 77.1 Å². The first-order chi connectivity index (χ1) is 6.36. The summed E-state index contributed by atoms with van der Waals surface area (Å²) in [5, 5.41) is 3.29. The highest BCUT2D eigenvalue weighted by molar-refractivity contribution is 5.93. The van der Waals surface area contributed by atoms with E-state index in [-0.39, 0.29) is 5.78 Å². The molecule has 1 fully saturated rings. The molecule has 0 aromatic carbocycles. The van der Waals surface area contributed by atoms with Gasteiger partial charge in [0.05, 0.1) is 6.26 Å². The van der Waals surface area contributed by atoms with Crippen LogP contribution in [0.2, 0.25) is 0 Å². The average molecular weight is 179 g/mol. The third kappa shape index (κ3) is 2.42. The predicted octanol–water partition coefficient (Wildman–Crippen LogP) is 1.60. The Balaban J connectivity index is 1.71. The highest BCUT2D eigenvalue weighted by atomic mass is 16.3. The lowest BCUT2D eigenvalue weighted by atomic mass is 10.2. The van der Waals surface area contributed by atoms with Gasteiger partial charge in [-0.1, -0.05) is 0 Å². The van der Waals surface area contributed by atoms with Gasteiger partial charge in [-0.15, -0.1) is 0 Å². The number of ketones is 1. The average Bonchev–Trinajstić information content (AvgIpc) is 2.80. The molecule has 1 heterocycles. The molecule has 13 heavy (non-hydrogen) atoms. The molecule has 0 radical (unpaired) electrons. The van der Waals surface area contributed by atoms with Crippen LogP contribution in [-0.2, 0) is 0 Å². The fraction of sp³-hybridized carbons (Fsp3) is 0.500. The van der Waals surface area contributed by atoms with Crippen LogP contribution < -0.4 is 5.32 Å². The second-order valence-electron chi connectivity index (χ2n) is 3.38. The van der Waals surface area contributed by atoms with Crippen molar-refractivity contribution in [3.63, 3.8) is 0 Å². The highest BCUT2D eigenvalue weighted by Gasteiger charge is 2.20. The molecular formula is C10H13NO2. The molecule has 0 saturated heterocycles. The molecule has 70 valence electrons. The molecule has 0 atom stereocenters. The van der Waals surface area contributed by atoms with Crippen LogP contribution in [0.4, 0.5) is 0 Å². The third-order valence-electron chi connectivity index (χ3n) is 2.16. The normalized spacial score (nSPS) is 16.0. The van der Waals surface area contributed by atoms with Crippen molar-refractivity contribution in [2.75, 3.05) is 6.54 Å². The van der Waals surface area contributed by atoms with Crippen molar-refractivity contribution in [3.8, 4) is 0 Å². The van der Waals surface area contributed by atoms with E-state index in [9.17, 15) is 4.79 Å². The van der Waals surface area contributed by atoms with Crippen molar-refractivity contribution in [2.24, 2.45) is 0 Å². The van der Waals surface area contributed by atoms with Crippen LogP contribution in [0.15, 0.2) is 22.8 Å². The van der Waals surface area contributed by atoms with E-state index in [0.29, 0.717) is 18.2 Å². The van der Waals surface area contributed by atoms with Gasteiger partial charge in [0.25, 0.3) is 0 Å². The van der Waals surface area contributed by atoms with Crippen LogP contribution in [0.1, 0.15) is 29.8 Å². The predicted molar refractivity (Wildman–Crippen MR) is 48.7 cm³/mol. The van der Waals surface area contributed by atoms with Gasteiger partial charge in [0.15, 0.2) is 11.5 Å². The molecule has 1 aliphatic rings. The summed E-state index contributed by atoms with van der Waals surface area (Å²) >= 11 is 0. The zero-order valence-corrected chi connectivity index (χ0v) is 7.45. The molecule has 0 spiro atoms. The van der Waals surface area contributed by atoms with Crippen molar-refractivity contribution in [3.05, 3.63) is 24.2 Å². The maximum atomic E-state index is 11.4. The minimum atomic E-state index is 0.0816. The quantitative estimate of drug-likeness (QED) is 0.698. The molecule has 0 bridgehead atoms. The standard InChI is InChI=1S/C10H13NO2/c12-9(10-2-1-7-13-10)5-6-11-8-3-4-8/h1-2,7-8,11H,3-6H2.